The van der Waals surface area contributed by atoms with Crippen LogP contribution in [0.2, 0.25) is 0 Å². The highest BCUT2D eigenvalue weighted by molar-refractivity contribution is 5.94. The number of amides is 2. The average Bonchev–Trinajstić information content (AvgIpc) is 3.19. The summed E-state index contributed by atoms with van der Waals surface area (Å²) in [6.07, 6.45) is 2.00. The fourth-order valence-electron chi connectivity index (χ4n) is 1.66. The van der Waals surface area contributed by atoms with Gasteiger partial charge in [-0.05, 0) is 31.9 Å². The Kier molecular flexibility index (Phi) is 3.97. The fraction of sp³-hybridized carbons (Fsp3) is 0.429. The smallest absolute Gasteiger partial charge is 0.251 e. The molecule has 0 heterocycles. The number of hydrogen-bond donors (Lipinski definition) is 2. The molecule has 0 atom stereocenters. The Morgan fingerprint density at radius 1 is 1.11 bits per heavy atom. The fourth-order valence-corrected chi connectivity index (χ4v) is 1.66. The van der Waals surface area contributed by atoms with Gasteiger partial charge >= 0.3 is 0 Å². The Bertz CT molecular complexity index is 436. The summed E-state index contributed by atoms with van der Waals surface area (Å²) in [7, 11) is 0. The quantitative estimate of drug-likeness (QED) is 0.768. The van der Waals surface area contributed by atoms with Crippen molar-refractivity contribution in [3.05, 3.63) is 35.4 Å². The van der Waals surface area contributed by atoms with Gasteiger partial charge in [-0.2, -0.15) is 0 Å². The summed E-state index contributed by atoms with van der Waals surface area (Å²) in [6.45, 7) is 2.94. The van der Waals surface area contributed by atoms with Crippen molar-refractivity contribution in [2.45, 2.75) is 19.8 Å². The van der Waals surface area contributed by atoms with Crippen molar-refractivity contribution in [1.82, 2.24) is 10.6 Å². The molecular weight excluding hydrogens is 228 g/mol. The van der Waals surface area contributed by atoms with Gasteiger partial charge < -0.3 is 10.6 Å². The van der Waals surface area contributed by atoms with E-state index in [1.54, 1.807) is 12.1 Å². The zero-order valence-electron chi connectivity index (χ0n) is 10.5. The van der Waals surface area contributed by atoms with Crippen LogP contribution in [0.3, 0.4) is 0 Å². The van der Waals surface area contributed by atoms with Crippen molar-refractivity contribution in [1.29, 1.82) is 0 Å². The first kappa shape index (κ1) is 12.6. The van der Waals surface area contributed by atoms with Crippen molar-refractivity contribution >= 4 is 11.8 Å². The number of rotatable bonds is 5. The molecule has 18 heavy (non-hydrogen) atoms. The second kappa shape index (κ2) is 5.67. The van der Waals surface area contributed by atoms with E-state index < -0.39 is 0 Å². The van der Waals surface area contributed by atoms with E-state index in [9.17, 15) is 9.59 Å². The second-order valence-corrected chi connectivity index (χ2v) is 4.69. The molecule has 4 nitrogen and oxygen atoms in total. The molecule has 2 N–H and O–H groups in total. The van der Waals surface area contributed by atoms with Gasteiger partial charge in [0, 0.05) is 24.6 Å². The molecule has 0 bridgehead atoms. The van der Waals surface area contributed by atoms with Crippen molar-refractivity contribution in [2.24, 2.45) is 5.92 Å². The van der Waals surface area contributed by atoms with E-state index in [4.69, 9.17) is 0 Å². The molecule has 0 aromatic heterocycles. The lowest BCUT2D eigenvalue weighted by atomic mass is 10.1. The molecule has 0 spiro atoms. The van der Waals surface area contributed by atoms with Crippen LogP contribution in [0.4, 0.5) is 0 Å². The molecule has 1 aromatic carbocycles. The molecule has 0 aliphatic heterocycles. The average molecular weight is 246 g/mol. The molecule has 2 amide bonds. The van der Waals surface area contributed by atoms with Gasteiger partial charge in [0.2, 0.25) is 5.91 Å². The predicted octanol–water partition coefficient (Wildman–Crippen LogP) is 1.25. The lowest BCUT2D eigenvalue weighted by Gasteiger charge is -2.06. The molecule has 0 saturated heterocycles. The lowest BCUT2D eigenvalue weighted by molar-refractivity contribution is -0.122. The van der Waals surface area contributed by atoms with Gasteiger partial charge in [-0.25, -0.2) is 0 Å². The van der Waals surface area contributed by atoms with Crippen LogP contribution in [0.1, 0.15) is 28.8 Å². The molecule has 0 unspecified atom stereocenters. The first-order valence-electron chi connectivity index (χ1n) is 6.29. The normalized spacial score (nSPS) is 14.1. The highest BCUT2D eigenvalue weighted by Crippen LogP contribution is 2.28. The third-order valence-corrected chi connectivity index (χ3v) is 2.97. The minimum absolute atomic E-state index is 0.101. The summed E-state index contributed by atoms with van der Waals surface area (Å²) in [5, 5.41) is 5.59. The van der Waals surface area contributed by atoms with Gasteiger partial charge in [0.05, 0.1) is 0 Å². The molecular formula is C14H18N2O2. The first-order valence-corrected chi connectivity index (χ1v) is 6.29. The number of hydrogen-bond acceptors (Lipinski definition) is 2. The molecule has 4 heteroatoms. The minimum atomic E-state index is -0.101. The maximum atomic E-state index is 11.7. The van der Waals surface area contributed by atoms with Crippen molar-refractivity contribution in [2.75, 3.05) is 13.1 Å². The predicted molar refractivity (Wildman–Crippen MR) is 69.2 cm³/mol. The Morgan fingerprint density at radius 2 is 1.72 bits per heavy atom. The molecule has 96 valence electrons. The van der Waals surface area contributed by atoms with E-state index in [0.29, 0.717) is 18.7 Å². The molecule has 1 aliphatic carbocycles. The second-order valence-electron chi connectivity index (χ2n) is 4.69. The maximum absolute atomic E-state index is 11.7. The number of aryl methyl sites for hydroxylation is 1. The molecule has 0 radical (unpaired) electrons. The van der Waals surface area contributed by atoms with Gasteiger partial charge in [0.15, 0.2) is 0 Å². The SMILES string of the molecule is Cc1ccc(C(=O)NCCNC(=O)C2CC2)cc1. The van der Waals surface area contributed by atoms with Crippen LogP contribution in [0.25, 0.3) is 0 Å². The zero-order valence-corrected chi connectivity index (χ0v) is 10.5. The number of carbonyl (C=O) groups excluding carboxylic acids is 2. The van der Waals surface area contributed by atoms with Gasteiger partial charge in [-0.1, -0.05) is 17.7 Å². The van der Waals surface area contributed by atoms with Gasteiger partial charge in [-0.3, -0.25) is 9.59 Å². The molecule has 1 aromatic rings. The summed E-state index contributed by atoms with van der Waals surface area (Å²) in [6, 6.07) is 7.41. The lowest BCUT2D eigenvalue weighted by Crippen LogP contribution is -2.35. The Labute approximate surface area is 107 Å². The van der Waals surface area contributed by atoms with Crippen molar-refractivity contribution < 1.29 is 9.59 Å². The van der Waals surface area contributed by atoms with E-state index in [1.165, 1.54) is 0 Å². The highest BCUT2D eigenvalue weighted by atomic mass is 16.2. The molecule has 1 aliphatic rings. The topological polar surface area (TPSA) is 58.2 Å². The van der Waals surface area contributed by atoms with Crippen molar-refractivity contribution in [3.63, 3.8) is 0 Å². The molecule has 1 saturated carbocycles. The van der Waals surface area contributed by atoms with Gasteiger partial charge in [0.1, 0.15) is 0 Å². The van der Waals surface area contributed by atoms with E-state index in [2.05, 4.69) is 10.6 Å². The first-order chi connectivity index (χ1) is 8.66. The Balaban J connectivity index is 1.68. The third kappa shape index (κ3) is 3.58. The van der Waals surface area contributed by atoms with Crippen LogP contribution in [0, 0.1) is 12.8 Å². The monoisotopic (exact) mass is 246 g/mol. The number of benzene rings is 1. The van der Waals surface area contributed by atoms with Crippen LogP contribution >= 0.6 is 0 Å². The van der Waals surface area contributed by atoms with E-state index in [-0.39, 0.29) is 17.7 Å². The summed E-state index contributed by atoms with van der Waals surface area (Å²) >= 11 is 0. The molecule has 1 fully saturated rings. The summed E-state index contributed by atoms with van der Waals surface area (Å²) in [5.74, 6) is 0.230. The Morgan fingerprint density at radius 3 is 2.33 bits per heavy atom. The standard InChI is InChI=1S/C14H18N2O2/c1-10-2-4-11(5-3-10)13(17)15-8-9-16-14(18)12-6-7-12/h2-5,12H,6-9H2,1H3,(H,15,17)(H,16,18). The van der Waals surface area contributed by atoms with Crippen LogP contribution in [0.5, 0.6) is 0 Å². The zero-order chi connectivity index (χ0) is 13.0. The van der Waals surface area contributed by atoms with E-state index in [0.717, 1.165) is 18.4 Å². The van der Waals surface area contributed by atoms with Crippen LogP contribution in [-0.2, 0) is 4.79 Å². The van der Waals surface area contributed by atoms with Crippen LogP contribution in [0.15, 0.2) is 24.3 Å². The third-order valence-electron chi connectivity index (χ3n) is 2.97. The number of nitrogens with one attached hydrogen (secondary N) is 2. The van der Waals surface area contributed by atoms with E-state index in [1.807, 2.05) is 19.1 Å². The van der Waals surface area contributed by atoms with Crippen LogP contribution in [-0.4, -0.2) is 24.9 Å². The summed E-state index contributed by atoms with van der Waals surface area (Å²) in [4.78, 5) is 23.1. The van der Waals surface area contributed by atoms with Crippen LogP contribution < -0.4 is 10.6 Å². The summed E-state index contributed by atoms with van der Waals surface area (Å²) < 4.78 is 0. The van der Waals surface area contributed by atoms with Crippen molar-refractivity contribution in [3.8, 4) is 0 Å². The maximum Gasteiger partial charge on any atom is 0.251 e. The summed E-state index contributed by atoms with van der Waals surface area (Å²) in [5.41, 5.74) is 1.78. The van der Waals surface area contributed by atoms with Gasteiger partial charge in [-0.15, -0.1) is 0 Å². The largest absolute Gasteiger partial charge is 0.354 e. The van der Waals surface area contributed by atoms with E-state index >= 15 is 0 Å². The van der Waals surface area contributed by atoms with Gasteiger partial charge in [0.25, 0.3) is 5.91 Å². The minimum Gasteiger partial charge on any atom is -0.354 e. The number of carbonyl (C=O) groups is 2. The molecule has 2 rings (SSSR count). The Hall–Kier alpha value is -1.84. The highest BCUT2D eigenvalue weighted by Gasteiger charge is 2.28.